The van der Waals surface area contributed by atoms with Crippen molar-refractivity contribution in [2.24, 2.45) is 5.92 Å². The summed E-state index contributed by atoms with van der Waals surface area (Å²) in [6.45, 7) is 4.03. The van der Waals surface area contributed by atoms with Crippen molar-refractivity contribution >= 4 is 17.3 Å². The van der Waals surface area contributed by atoms with Crippen LogP contribution >= 0.6 is 0 Å². The van der Waals surface area contributed by atoms with Gasteiger partial charge in [0.25, 0.3) is 5.69 Å². The molecule has 0 aliphatic rings. The molecule has 0 spiro atoms. The van der Waals surface area contributed by atoms with Gasteiger partial charge in [-0.1, -0.05) is 13.8 Å². The number of nitro benzene ring substituents is 1. The van der Waals surface area contributed by atoms with Gasteiger partial charge in [-0.15, -0.1) is 0 Å². The third kappa shape index (κ3) is 4.12. The van der Waals surface area contributed by atoms with Crippen LogP contribution in [0.15, 0.2) is 12.1 Å². The van der Waals surface area contributed by atoms with E-state index in [-0.39, 0.29) is 24.3 Å². The maximum absolute atomic E-state index is 13.7. The van der Waals surface area contributed by atoms with E-state index < -0.39 is 28.0 Å². The van der Waals surface area contributed by atoms with E-state index in [0.29, 0.717) is 6.07 Å². The highest BCUT2D eigenvalue weighted by molar-refractivity contribution is 5.90. The first-order valence-corrected chi connectivity index (χ1v) is 6.24. The van der Waals surface area contributed by atoms with Gasteiger partial charge < -0.3 is 15.2 Å². The molecule has 0 radical (unpaired) electrons. The summed E-state index contributed by atoms with van der Waals surface area (Å²) in [7, 11) is 1.49. The molecule has 0 heterocycles. The van der Waals surface area contributed by atoms with E-state index in [9.17, 15) is 19.3 Å². The van der Waals surface area contributed by atoms with Crippen LogP contribution < -0.4 is 5.32 Å². The van der Waals surface area contributed by atoms with E-state index in [0.717, 1.165) is 6.07 Å². The molecule has 1 rings (SSSR count). The zero-order valence-corrected chi connectivity index (χ0v) is 11.9. The maximum atomic E-state index is 13.7. The van der Waals surface area contributed by atoms with Crippen LogP contribution in [0.2, 0.25) is 0 Å². The van der Waals surface area contributed by atoms with E-state index >= 15 is 0 Å². The smallest absolute Gasteiger partial charge is 0.338 e. The number of nitrogens with one attached hydrogen (secondary N) is 1. The summed E-state index contributed by atoms with van der Waals surface area (Å²) in [6.07, 6.45) is 0. The number of halogens is 1. The molecule has 21 heavy (non-hydrogen) atoms. The van der Waals surface area contributed by atoms with E-state index in [2.05, 4.69) is 5.32 Å². The number of anilines is 1. The molecule has 1 aromatic rings. The summed E-state index contributed by atoms with van der Waals surface area (Å²) >= 11 is 0. The van der Waals surface area contributed by atoms with Gasteiger partial charge in [0, 0.05) is 19.2 Å². The molecule has 0 saturated heterocycles. The lowest BCUT2D eigenvalue weighted by molar-refractivity contribution is -0.384. The Morgan fingerprint density at radius 1 is 1.52 bits per heavy atom. The van der Waals surface area contributed by atoms with Crippen molar-refractivity contribution in [1.29, 1.82) is 0 Å². The summed E-state index contributed by atoms with van der Waals surface area (Å²) in [5, 5.41) is 22.7. The summed E-state index contributed by atoms with van der Waals surface area (Å²) in [5.41, 5.74) is -1.30. The molecule has 0 bridgehead atoms. The molecular formula is C13H17FN2O5. The lowest BCUT2D eigenvalue weighted by Crippen LogP contribution is -2.30. The molecule has 0 fully saturated rings. The average Bonchev–Trinajstić information content (AvgIpc) is 2.37. The zero-order chi connectivity index (χ0) is 16.2. The van der Waals surface area contributed by atoms with Crippen molar-refractivity contribution in [3.05, 3.63) is 33.6 Å². The molecule has 2 N–H and O–H groups in total. The second-order valence-corrected chi connectivity index (χ2v) is 4.86. The molecule has 0 aliphatic carbocycles. The largest absolute Gasteiger partial charge is 0.478 e. The molecule has 0 aliphatic heterocycles. The molecular weight excluding hydrogens is 283 g/mol. The Bertz CT molecular complexity index is 548. The number of aromatic carboxylic acids is 1. The molecule has 0 aromatic heterocycles. The lowest BCUT2D eigenvalue weighted by atomic mass is 10.0. The third-order valence-electron chi connectivity index (χ3n) is 3.00. The summed E-state index contributed by atoms with van der Waals surface area (Å²) < 4.78 is 18.7. The predicted octanol–water partition coefficient (Wildman–Crippen LogP) is 2.52. The number of carboxylic acids is 1. The highest BCUT2D eigenvalue weighted by atomic mass is 19.1. The van der Waals surface area contributed by atoms with Gasteiger partial charge in [0.05, 0.1) is 17.6 Å². The highest BCUT2D eigenvalue weighted by Gasteiger charge is 2.24. The van der Waals surface area contributed by atoms with Gasteiger partial charge in [0.1, 0.15) is 17.1 Å². The quantitative estimate of drug-likeness (QED) is 0.592. The van der Waals surface area contributed by atoms with Crippen molar-refractivity contribution in [2.45, 2.75) is 19.9 Å². The van der Waals surface area contributed by atoms with E-state index in [1.165, 1.54) is 7.11 Å². The van der Waals surface area contributed by atoms with E-state index in [4.69, 9.17) is 9.84 Å². The number of nitro groups is 1. The van der Waals surface area contributed by atoms with Crippen molar-refractivity contribution in [3.63, 3.8) is 0 Å². The van der Waals surface area contributed by atoms with Gasteiger partial charge in [0.2, 0.25) is 0 Å². The zero-order valence-electron chi connectivity index (χ0n) is 11.9. The lowest BCUT2D eigenvalue weighted by Gasteiger charge is -2.22. The van der Waals surface area contributed by atoms with Gasteiger partial charge in [-0.3, -0.25) is 10.1 Å². The Hall–Kier alpha value is -2.22. The summed E-state index contributed by atoms with van der Waals surface area (Å²) in [6, 6.07) is 1.26. The fourth-order valence-corrected chi connectivity index (χ4v) is 1.77. The Morgan fingerprint density at radius 3 is 2.57 bits per heavy atom. The molecule has 1 atom stereocenters. The van der Waals surface area contributed by atoms with E-state index in [1.807, 2.05) is 13.8 Å². The number of benzene rings is 1. The second-order valence-electron chi connectivity index (χ2n) is 4.86. The van der Waals surface area contributed by atoms with Crippen LogP contribution in [-0.4, -0.2) is 35.8 Å². The SMILES string of the molecule is COCC(Nc1cc(F)c(C(=O)O)cc1[N+](=O)[O-])C(C)C. The molecule has 1 unspecified atom stereocenters. The molecule has 7 nitrogen and oxygen atoms in total. The number of hydrogen-bond donors (Lipinski definition) is 2. The minimum absolute atomic E-state index is 0.0711. The van der Waals surface area contributed by atoms with Crippen LogP contribution in [0.1, 0.15) is 24.2 Å². The number of ether oxygens (including phenoxy) is 1. The predicted molar refractivity (Wildman–Crippen MR) is 74.1 cm³/mol. The van der Waals surface area contributed by atoms with Crippen molar-refractivity contribution in [2.75, 3.05) is 19.0 Å². The fourth-order valence-electron chi connectivity index (χ4n) is 1.77. The Labute approximate surface area is 120 Å². The van der Waals surface area contributed by atoms with Gasteiger partial charge in [-0.25, -0.2) is 9.18 Å². The molecule has 8 heteroatoms. The van der Waals surface area contributed by atoms with Crippen LogP contribution in [0.3, 0.4) is 0 Å². The number of hydrogen-bond acceptors (Lipinski definition) is 5. The molecule has 0 saturated carbocycles. The number of carboxylic acid groups (broad SMARTS) is 1. The number of nitrogens with zero attached hydrogens (tertiary/aromatic N) is 1. The van der Waals surface area contributed by atoms with Crippen LogP contribution in [0, 0.1) is 21.8 Å². The first-order valence-electron chi connectivity index (χ1n) is 6.24. The number of carbonyl (C=O) groups is 1. The average molecular weight is 300 g/mol. The molecule has 1 aromatic carbocycles. The summed E-state index contributed by atoms with van der Waals surface area (Å²) in [4.78, 5) is 21.1. The van der Waals surface area contributed by atoms with Gasteiger partial charge in [-0.05, 0) is 5.92 Å². The minimum Gasteiger partial charge on any atom is -0.478 e. The molecule has 0 amide bonds. The first-order chi connectivity index (χ1) is 9.77. The minimum atomic E-state index is -1.56. The second kappa shape index (κ2) is 6.98. The third-order valence-corrected chi connectivity index (χ3v) is 3.00. The Balaban J connectivity index is 3.25. The fraction of sp³-hybridized carbons (Fsp3) is 0.462. The highest BCUT2D eigenvalue weighted by Crippen LogP contribution is 2.29. The number of methoxy groups -OCH3 is 1. The van der Waals surface area contributed by atoms with Crippen LogP contribution in [0.25, 0.3) is 0 Å². The topological polar surface area (TPSA) is 102 Å². The van der Waals surface area contributed by atoms with Crippen molar-refractivity contribution < 1.29 is 24.0 Å². The maximum Gasteiger partial charge on any atom is 0.338 e. The van der Waals surface area contributed by atoms with Gasteiger partial charge in [0.15, 0.2) is 0 Å². The normalized spacial score (nSPS) is 12.2. The first kappa shape index (κ1) is 16.8. The standard InChI is InChI=1S/C13H17FN2O5/c1-7(2)11(6-21-3)15-10-5-9(14)8(13(17)18)4-12(10)16(19)20/h4-5,7,11,15H,6H2,1-3H3,(H,17,18). The van der Waals surface area contributed by atoms with Crippen molar-refractivity contribution in [1.82, 2.24) is 0 Å². The van der Waals surface area contributed by atoms with Crippen LogP contribution in [-0.2, 0) is 4.74 Å². The van der Waals surface area contributed by atoms with Crippen LogP contribution in [0.5, 0.6) is 0 Å². The Morgan fingerprint density at radius 2 is 2.14 bits per heavy atom. The number of rotatable bonds is 7. The molecule has 116 valence electrons. The monoisotopic (exact) mass is 300 g/mol. The van der Waals surface area contributed by atoms with Gasteiger partial charge >= 0.3 is 5.97 Å². The van der Waals surface area contributed by atoms with E-state index in [1.54, 1.807) is 0 Å². The summed E-state index contributed by atoms with van der Waals surface area (Å²) in [5.74, 6) is -2.51. The Kier molecular flexibility index (Phi) is 5.60. The van der Waals surface area contributed by atoms with Crippen LogP contribution in [0.4, 0.5) is 15.8 Å². The van der Waals surface area contributed by atoms with Gasteiger partial charge in [-0.2, -0.15) is 0 Å². The van der Waals surface area contributed by atoms with Crippen molar-refractivity contribution in [3.8, 4) is 0 Å².